The van der Waals surface area contributed by atoms with Crippen molar-refractivity contribution in [3.63, 3.8) is 0 Å². The number of nitrogens with zero attached hydrogens (tertiary/aromatic N) is 1. The molecule has 2 atom stereocenters. The van der Waals surface area contributed by atoms with E-state index in [-0.39, 0.29) is 18.2 Å². The molecule has 3 amide bonds. The van der Waals surface area contributed by atoms with E-state index in [1.165, 1.54) is 11.0 Å². The number of halogens is 3. The molecule has 39 heavy (non-hydrogen) atoms. The molecule has 1 saturated heterocycles. The Balaban J connectivity index is 2.31. The van der Waals surface area contributed by atoms with Gasteiger partial charge in [-0.1, -0.05) is 79.0 Å². The maximum absolute atomic E-state index is 13.7. The minimum atomic E-state index is -1.79. The molecule has 0 bridgehead atoms. The van der Waals surface area contributed by atoms with E-state index in [9.17, 15) is 19.2 Å². The lowest BCUT2D eigenvalue weighted by Crippen LogP contribution is -2.51. The molecule has 1 aliphatic rings. The second-order valence-electron chi connectivity index (χ2n) is 10.7. The number of rotatable bonds is 9. The van der Waals surface area contributed by atoms with Gasteiger partial charge in [0.2, 0.25) is 9.70 Å². The van der Waals surface area contributed by atoms with E-state index >= 15 is 0 Å². The van der Waals surface area contributed by atoms with Crippen LogP contribution >= 0.6 is 34.8 Å². The molecule has 1 heterocycles. The van der Waals surface area contributed by atoms with Crippen LogP contribution in [0.3, 0.4) is 0 Å². The molecule has 0 aromatic heterocycles. The highest BCUT2D eigenvalue weighted by atomic mass is 35.6. The number of esters is 1. The van der Waals surface area contributed by atoms with Gasteiger partial charge < -0.3 is 25.0 Å². The first-order valence-corrected chi connectivity index (χ1v) is 13.8. The molecule has 0 saturated carbocycles. The van der Waals surface area contributed by atoms with Gasteiger partial charge >= 0.3 is 12.1 Å². The molecule has 0 spiro atoms. The Bertz CT molecular complexity index is 1050. The van der Waals surface area contributed by atoms with Gasteiger partial charge in [0.05, 0.1) is 0 Å². The van der Waals surface area contributed by atoms with E-state index in [2.05, 4.69) is 10.6 Å². The summed E-state index contributed by atoms with van der Waals surface area (Å²) in [6.45, 7) is 8.75. The summed E-state index contributed by atoms with van der Waals surface area (Å²) in [5.41, 5.74) is -0.171. The van der Waals surface area contributed by atoms with Crippen LogP contribution in [0.5, 0.6) is 0 Å². The third-order valence-electron chi connectivity index (χ3n) is 5.48. The molecule has 12 heteroatoms. The van der Waals surface area contributed by atoms with Crippen LogP contribution in [0.15, 0.2) is 36.0 Å². The molecule has 0 unspecified atom stereocenters. The third-order valence-corrected chi connectivity index (χ3v) is 5.80. The second-order valence-corrected chi connectivity index (χ2v) is 13.2. The largest absolute Gasteiger partial charge is 0.460 e. The number of likely N-dealkylation sites (tertiary alicyclic amines) is 1. The van der Waals surface area contributed by atoms with Crippen molar-refractivity contribution in [1.82, 2.24) is 15.5 Å². The molecule has 0 aliphatic carbocycles. The minimum Gasteiger partial charge on any atom is -0.460 e. The summed E-state index contributed by atoms with van der Waals surface area (Å²) < 4.78 is 8.65. The van der Waals surface area contributed by atoms with E-state index in [1.807, 2.05) is 19.9 Å². The minimum absolute atomic E-state index is 0.0450. The number of benzene rings is 1. The van der Waals surface area contributed by atoms with Crippen LogP contribution in [0.1, 0.15) is 59.4 Å². The molecule has 9 nitrogen and oxygen atoms in total. The Kier molecular flexibility index (Phi) is 11.9. The number of carbonyl (C=O) groups excluding carboxylic acids is 4. The first-order valence-electron chi connectivity index (χ1n) is 12.7. The molecule has 1 fully saturated rings. The van der Waals surface area contributed by atoms with E-state index < -0.39 is 52.0 Å². The summed E-state index contributed by atoms with van der Waals surface area (Å²) >= 11 is 17.1. The highest BCUT2D eigenvalue weighted by molar-refractivity contribution is 6.67. The molecular formula is C27H36Cl3N3O6. The number of amides is 3. The number of alkyl carbamates (subject to hydrolysis) is 1. The van der Waals surface area contributed by atoms with E-state index in [1.54, 1.807) is 45.0 Å². The number of alkyl halides is 3. The first kappa shape index (κ1) is 32.7. The van der Waals surface area contributed by atoms with Gasteiger partial charge in [0, 0.05) is 6.54 Å². The molecule has 2 N–H and O–H groups in total. The Morgan fingerprint density at radius 3 is 2.31 bits per heavy atom. The maximum Gasteiger partial charge on any atom is 0.408 e. The number of hydrogen-bond donors (Lipinski definition) is 2. The van der Waals surface area contributed by atoms with Crippen molar-refractivity contribution >= 4 is 64.8 Å². The monoisotopic (exact) mass is 603 g/mol. The van der Waals surface area contributed by atoms with Gasteiger partial charge in [-0.2, -0.15) is 0 Å². The molecule has 1 aromatic carbocycles. The van der Waals surface area contributed by atoms with E-state index in [4.69, 9.17) is 44.3 Å². The summed E-state index contributed by atoms with van der Waals surface area (Å²) in [6, 6.07) is 7.03. The lowest BCUT2D eigenvalue weighted by molar-refractivity contribution is -0.152. The molecule has 1 aliphatic heterocycles. The predicted octanol–water partition coefficient (Wildman–Crippen LogP) is 4.99. The second kappa shape index (κ2) is 14.2. The Labute approximate surface area is 244 Å². The third kappa shape index (κ3) is 11.6. The van der Waals surface area contributed by atoms with Crippen LogP contribution in [0, 0.1) is 5.92 Å². The summed E-state index contributed by atoms with van der Waals surface area (Å²) in [4.78, 5) is 53.6. The van der Waals surface area contributed by atoms with Crippen molar-refractivity contribution in [2.75, 3.05) is 13.2 Å². The van der Waals surface area contributed by atoms with Crippen LogP contribution in [-0.4, -0.2) is 63.4 Å². The van der Waals surface area contributed by atoms with Crippen molar-refractivity contribution in [3.05, 3.63) is 41.6 Å². The van der Waals surface area contributed by atoms with E-state index in [0.717, 1.165) is 0 Å². The topological polar surface area (TPSA) is 114 Å². The quantitative estimate of drug-likeness (QED) is 0.233. The van der Waals surface area contributed by atoms with Gasteiger partial charge in [-0.25, -0.2) is 9.59 Å². The zero-order valence-corrected chi connectivity index (χ0v) is 25.0. The van der Waals surface area contributed by atoms with Crippen molar-refractivity contribution in [2.45, 2.75) is 75.4 Å². The molecule has 2 rings (SSSR count). The van der Waals surface area contributed by atoms with Crippen LogP contribution < -0.4 is 10.6 Å². The number of hydrogen-bond acceptors (Lipinski definition) is 6. The lowest BCUT2D eigenvalue weighted by Gasteiger charge is -2.27. The fourth-order valence-corrected chi connectivity index (χ4v) is 4.06. The van der Waals surface area contributed by atoms with Crippen molar-refractivity contribution in [1.29, 1.82) is 0 Å². The number of carbonyl (C=O) groups is 4. The normalized spacial score (nSPS) is 17.0. The maximum atomic E-state index is 13.7. The Hall–Kier alpha value is -2.49. The molecule has 216 valence electrons. The molecule has 0 radical (unpaired) electrons. The summed E-state index contributed by atoms with van der Waals surface area (Å²) in [7, 11) is 0. The smallest absolute Gasteiger partial charge is 0.408 e. The Morgan fingerprint density at radius 1 is 1.10 bits per heavy atom. The average Bonchev–Trinajstić information content (AvgIpc) is 3.30. The summed E-state index contributed by atoms with van der Waals surface area (Å²) in [6.07, 6.45) is 1.96. The fourth-order valence-electron chi connectivity index (χ4n) is 3.90. The highest BCUT2D eigenvalue weighted by Crippen LogP contribution is 2.27. The van der Waals surface area contributed by atoms with Gasteiger partial charge in [-0.15, -0.1) is 0 Å². The van der Waals surface area contributed by atoms with Crippen LogP contribution in [-0.2, 0) is 23.9 Å². The predicted molar refractivity (Wildman–Crippen MR) is 151 cm³/mol. The molecule has 1 aromatic rings. The van der Waals surface area contributed by atoms with Gasteiger partial charge in [-0.05, 0) is 57.6 Å². The highest BCUT2D eigenvalue weighted by Gasteiger charge is 2.38. The lowest BCUT2D eigenvalue weighted by atomic mass is 10.0. The standard InChI is InChI=1S/C27H36Cl3N3O6/c1-17(2)14-19(32-25(37)39-26(3,4)5)22(34)31-20(15-18-10-7-6-8-11-18)23(35)33-13-9-12-21(33)24(36)38-16-27(28,29)30/h6-8,10-11,15,17,19,21H,9,12-14,16H2,1-5H3,(H,31,34)(H,32,37)/b20-15-/t19-,21-/m0/s1. The number of ether oxygens (including phenoxy) is 2. The average molecular weight is 605 g/mol. The SMILES string of the molecule is CC(C)C[C@H](NC(=O)OC(C)(C)C)C(=O)N/C(=C\c1ccccc1)C(=O)N1CCC[C@H]1C(=O)OCC(Cl)(Cl)Cl. The van der Waals surface area contributed by atoms with Gasteiger partial charge in [0.15, 0.2) is 0 Å². The van der Waals surface area contributed by atoms with Crippen LogP contribution in [0.25, 0.3) is 6.08 Å². The summed E-state index contributed by atoms with van der Waals surface area (Å²) in [5.74, 6) is -1.84. The van der Waals surface area contributed by atoms with Crippen molar-refractivity contribution in [2.24, 2.45) is 5.92 Å². The zero-order valence-electron chi connectivity index (χ0n) is 22.8. The fraction of sp³-hybridized carbons (Fsp3) is 0.556. The van der Waals surface area contributed by atoms with Crippen molar-refractivity contribution in [3.8, 4) is 0 Å². The van der Waals surface area contributed by atoms with Crippen LogP contribution in [0.4, 0.5) is 4.79 Å². The van der Waals surface area contributed by atoms with Gasteiger partial charge in [0.25, 0.3) is 5.91 Å². The summed E-state index contributed by atoms with van der Waals surface area (Å²) in [5, 5.41) is 5.28. The molecular weight excluding hydrogens is 569 g/mol. The van der Waals surface area contributed by atoms with Crippen LogP contribution in [0.2, 0.25) is 0 Å². The van der Waals surface area contributed by atoms with E-state index in [0.29, 0.717) is 24.8 Å². The first-order chi connectivity index (χ1) is 18.1. The van der Waals surface area contributed by atoms with Gasteiger partial charge in [0.1, 0.15) is 30.0 Å². The Morgan fingerprint density at radius 2 is 1.74 bits per heavy atom. The zero-order chi connectivity index (χ0) is 29.4. The van der Waals surface area contributed by atoms with Gasteiger partial charge in [-0.3, -0.25) is 9.59 Å². The number of nitrogens with one attached hydrogen (secondary N) is 2. The van der Waals surface area contributed by atoms with Crippen molar-refractivity contribution < 1.29 is 28.7 Å².